The molecule has 5 heteroatoms. The van der Waals surface area contributed by atoms with Crippen molar-refractivity contribution in [3.63, 3.8) is 0 Å². The summed E-state index contributed by atoms with van der Waals surface area (Å²) in [5, 5.41) is 8.93. The number of hydrogen-bond acceptors (Lipinski definition) is 3. The van der Waals surface area contributed by atoms with Gasteiger partial charge in [-0.25, -0.2) is 0 Å². The van der Waals surface area contributed by atoms with Gasteiger partial charge in [0.1, 0.15) is 0 Å². The van der Waals surface area contributed by atoms with Crippen LogP contribution in [-0.2, 0) is 9.59 Å². The highest BCUT2D eigenvalue weighted by Gasteiger charge is 2.26. The van der Waals surface area contributed by atoms with Crippen LogP contribution in [0.5, 0.6) is 0 Å². The molecule has 106 valence electrons. The van der Waals surface area contributed by atoms with E-state index in [1.54, 1.807) is 11.8 Å². The average Bonchev–Trinajstić information content (AvgIpc) is 2.35. The van der Waals surface area contributed by atoms with Gasteiger partial charge >= 0.3 is 5.97 Å². The van der Waals surface area contributed by atoms with E-state index in [2.05, 4.69) is 0 Å². The molecule has 0 saturated carbocycles. The van der Waals surface area contributed by atoms with E-state index in [0.717, 1.165) is 0 Å². The third kappa shape index (κ3) is 4.64. The molecule has 0 fully saturated rings. The van der Waals surface area contributed by atoms with Crippen LogP contribution in [0.4, 0.5) is 0 Å². The van der Waals surface area contributed by atoms with Gasteiger partial charge in [-0.2, -0.15) is 0 Å². The number of rotatable bonds is 8. The molecule has 1 N–H and O–H groups in total. The average molecular weight is 258 g/mol. The monoisotopic (exact) mass is 258 g/mol. The fraction of sp³-hybridized carbons (Fsp3) is 0.846. The van der Waals surface area contributed by atoms with Gasteiger partial charge < -0.3 is 10.0 Å². The topological polar surface area (TPSA) is 60.9 Å². The third-order valence-corrected chi connectivity index (χ3v) is 3.32. The first kappa shape index (κ1) is 16.9. The van der Waals surface area contributed by atoms with E-state index in [0.29, 0.717) is 26.2 Å². The molecule has 0 aliphatic rings. The predicted molar refractivity (Wildman–Crippen MR) is 71.4 cm³/mol. The van der Waals surface area contributed by atoms with Gasteiger partial charge in [0, 0.05) is 19.6 Å². The Morgan fingerprint density at radius 3 is 1.89 bits per heavy atom. The minimum Gasteiger partial charge on any atom is -0.481 e. The van der Waals surface area contributed by atoms with Crippen molar-refractivity contribution in [1.82, 2.24) is 9.80 Å². The van der Waals surface area contributed by atoms with E-state index < -0.39 is 11.9 Å². The van der Waals surface area contributed by atoms with Crippen molar-refractivity contribution in [3.8, 4) is 0 Å². The zero-order valence-electron chi connectivity index (χ0n) is 12.1. The number of carboxylic acid groups (broad SMARTS) is 1. The van der Waals surface area contributed by atoms with Gasteiger partial charge in [0.2, 0.25) is 5.91 Å². The lowest BCUT2D eigenvalue weighted by Crippen LogP contribution is -2.48. The minimum atomic E-state index is -0.823. The molecule has 0 aliphatic carbocycles. The standard InChI is InChI=1S/C13H26N2O3/c1-6-14(7-2)12(16)11(5)15(8-3)9-10(4)13(17)18/h10-11H,6-9H2,1-5H3,(H,17,18). The van der Waals surface area contributed by atoms with Gasteiger partial charge in [0.15, 0.2) is 0 Å². The van der Waals surface area contributed by atoms with E-state index >= 15 is 0 Å². The Balaban J connectivity index is 4.64. The van der Waals surface area contributed by atoms with Crippen LogP contribution in [0.1, 0.15) is 34.6 Å². The van der Waals surface area contributed by atoms with Crippen LogP contribution < -0.4 is 0 Å². The molecule has 0 heterocycles. The van der Waals surface area contributed by atoms with Gasteiger partial charge in [-0.15, -0.1) is 0 Å². The van der Waals surface area contributed by atoms with E-state index in [1.807, 2.05) is 32.6 Å². The lowest BCUT2D eigenvalue weighted by atomic mass is 10.1. The van der Waals surface area contributed by atoms with Gasteiger partial charge in [0.25, 0.3) is 0 Å². The van der Waals surface area contributed by atoms with Crippen LogP contribution in [0.3, 0.4) is 0 Å². The molecule has 0 saturated heterocycles. The molecule has 0 aromatic carbocycles. The summed E-state index contributed by atoms with van der Waals surface area (Å²) in [5.41, 5.74) is 0. The van der Waals surface area contributed by atoms with Crippen LogP contribution in [0.25, 0.3) is 0 Å². The molecule has 5 nitrogen and oxygen atoms in total. The number of carbonyl (C=O) groups is 2. The number of aliphatic carboxylic acids is 1. The Labute approximate surface area is 110 Å². The second-order valence-electron chi connectivity index (χ2n) is 4.51. The summed E-state index contributed by atoms with van der Waals surface area (Å²) in [6.45, 7) is 11.8. The number of amides is 1. The summed E-state index contributed by atoms with van der Waals surface area (Å²) >= 11 is 0. The highest BCUT2D eigenvalue weighted by Crippen LogP contribution is 2.08. The molecule has 0 radical (unpaired) electrons. The van der Waals surface area contributed by atoms with Crippen molar-refractivity contribution in [1.29, 1.82) is 0 Å². The molecule has 0 aromatic rings. The minimum absolute atomic E-state index is 0.0689. The maximum Gasteiger partial charge on any atom is 0.307 e. The molecule has 0 aromatic heterocycles. The van der Waals surface area contributed by atoms with Crippen molar-refractivity contribution in [3.05, 3.63) is 0 Å². The Kier molecular flexibility index (Phi) is 7.59. The SMILES string of the molecule is CCN(CC)C(=O)C(C)N(CC)CC(C)C(=O)O. The summed E-state index contributed by atoms with van der Waals surface area (Å²) in [7, 11) is 0. The van der Waals surface area contributed by atoms with Crippen LogP contribution >= 0.6 is 0 Å². The molecule has 2 atom stereocenters. The van der Waals surface area contributed by atoms with Crippen LogP contribution in [-0.4, -0.2) is 59.0 Å². The number of nitrogens with zero attached hydrogens (tertiary/aromatic N) is 2. The Hall–Kier alpha value is -1.10. The summed E-state index contributed by atoms with van der Waals surface area (Å²) in [6, 6.07) is -0.267. The van der Waals surface area contributed by atoms with E-state index in [1.165, 1.54) is 0 Å². The first-order chi connectivity index (χ1) is 8.38. The predicted octanol–water partition coefficient (Wildman–Crippen LogP) is 1.29. The smallest absolute Gasteiger partial charge is 0.307 e. The summed E-state index contributed by atoms with van der Waals surface area (Å²) in [4.78, 5) is 26.8. The van der Waals surface area contributed by atoms with Crippen LogP contribution in [0.2, 0.25) is 0 Å². The fourth-order valence-corrected chi connectivity index (χ4v) is 1.95. The van der Waals surface area contributed by atoms with Crippen molar-refractivity contribution < 1.29 is 14.7 Å². The molecule has 0 bridgehead atoms. The Bertz CT molecular complexity index is 277. The second-order valence-corrected chi connectivity index (χ2v) is 4.51. The third-order valence-electron chi connectivity index (χ3n) is 3.32. The normalized spacial score (nSPS) is 14.3. The van der Waals surface area contributed by atoms with Crippen LogP contribution in [0.15, 0.2) is 0 Å². The van der Waals surface area contributed by atoms with Gasteiger partial charge in [-0.05, 0) is 27.3 Å². The molecule has 2 unspecified atom stereocenters. The summed E-state index contributed by atoms with van der Waals surface area (Å²) in [5.74, 6) is -1.22. The highest BCUT2D eigenvalue weighted by molar-refractivity contribution is 5.81. The van der Waals surface area contributed by atoms with Crippen molar-refractivity contribution in [2.45, 2.75) is 40.7 Å². The lowest BCUT2D eigenvalue weighted by molar-refractivity contribution is -0.144. The fourth-order valence-electron chi connectivity index (χ4n) is 1.95. The number of likely N-dealkylation sites (N-methyl/N-ethyl adjacent to an activating group) is 2. The highest BCUT2D eigenvalue weighted by atomic mass is 16.4. The maximum absolute atomic E-state index is 12.2. The molecular formula is C13H26N2O3. The molecule has 0 aliphatic heterocycles. The summed E-state index contributed by atoms with van der Waals surface area (Å²) in [6.07, 6.45) is 0. The zero-order chi connectivity index (χ0) is 14.3. The van der Waals surface area contributed by atoms with Crippen molar-refractivity contribution >= 4 is 11.9 Å². The van der Waals surface area contributed by atoms with E-state index in [4.69, 9.17) is 5.11 Å². The van der Waals surface area contributed by atoms with Gasteiger partial charge in [0.05, 0.1) is 12.0 Å². The van der Waals surface area contributed by atoms with E-state index in [-0.39, 0.29) is 11.9 Å². The molecule has 18 heavy (non-hydrogen) atoms. The maximum atomic E-state index is 12.2. The molecule has 0 rings (SSSR count). The molecule has 1 amide bonds. The largest absolute Gasteiger partial charge is 0.481 e. The van der Waals surface area contributed by atoms with Gasteiger partial charge in [-0.3, -0.25) is 14.5 Å². The van der Waals surface area contributed by atoms with Gasteiger partial charge in [-0.1, -0.05) is 13.8 Å². The summed E-state index contributed by atoms with van der Waals surface area (Å²) < 4.78 is 0. The van der Waals surface area contributed by atoms with E-state index in [9.17, 15) is 9.59 Å². The lowest BCUT2D eigenvalue weighted by Gasteiger charge is -2.32. The first-order valence-corrected chi connectivity index (χ1v) is 6.64. The zero-order valence-corrected chi connectivity index (χ0v) is 12.1. The molecular weight excluding hydrogens is 232 g/mol. The number of carboxylic acids is 1. The number of hydrogen-bond donors (Lipinski definition) is 1. The van der Waals surface area contributed by atoms with Crippen LogP contribution in [0, 0.1) is 5.92 Å². The number of carbonyl (C=O) groups excluding carboxylic acids is 1. The first-order valence-electron chi connectivity index (χ1n) is 6.64. The Morgan fingerprint density at radius 1 is 1.06 bits per heavy atom. The second kappa shape index (κ2) is 8.08. The Morgan fingerprint density at radius 2 is 1.56 bits per heavy atom. The van der Waals surface area contributed by atoms with Crippen molar-refractivity contribution in [2.24, 2.45) is 5.92 Å². The molecule has 0 spiro atoms. The quantitative estimate of drug-likeness (QED) is 0.712. The van der Waals surface area contributed by atoms with Crippen molar-refractivity contribution in [2.75, 3.05) is 26.2 Å².